The van der Waals surface area contributed by atoms with Crippen LogP contribution < -0.4 is 4.90 Å². The molecule has 0 aliphatic carbocycles. The summed E-state index contributed by atoms with van der Waals surface area (Å²) in [7, 11) is 0. The minimum Gasteiger partial charge on any atom is -0.456 e. The van der Waals surface area contributed by atoms with Crippen molar-refractivity contribution >= 4 is 49.8 Å². The molecule has 0 aliphatic rings. The fraction of sp³-hybridized carbons (Fsp3) is 0. The second kappa shape index (κ2) is 11.2. The molecule has 0 fully saturated rings. The molecule has 47 heavy (non-hydrogen) atoms. The number of hydrogen-bond donors (Lipinski definition) is 0. The van der Waals surface area contributed by atoms with E-state index >= 15 is 0 Å². The highest BCUT2D eigenvalue weighted by molar-refractivity contribution is 5.87. The average molecular weight is 605 g/mol. The van der Waals surface area contributed by atoms with Crippen LogP contribution in [0.25, 0.3) is 66.6 Å². The number of rotatable bonds is 6. The third kappa shape index (κ3) is 5.02. The maximum Gasteiger partial charge on any atom is 0.135 e. The number of hydrogen-bond acceptors (Lipinski definition) is 4. The van der Waals surface area contributed by atoms with Crippen molar-refractivity contribution in [3.05, 3.63) is 170 Å². The summed E-state index contributed by atoms with van der Waals surface area (Å²) in [6, 6.07) is 56.5. The predicted octanol–water partition coefficient (Wildman–Crippen LogP) is 12.2. The zero-order valence-corrected chi connectivity index (χ0v) is 25.4. The van der Waals surface area contributed by atoms with Crippen LogP contribution in [0.15, 0.2) is 179 Å². The van der Waals surface area contributed by atoms with Crippen LogP contribution in [-0.2, 0) is 0 Å². The van der Waals surface area contributed by atoms with Crippen molar-refractivity contribution < 1.29 is 8.83 Å². The average Bonchev–Trinajstić information content (AvgIpc) is 3.78. The van der Waals surface area contributed by atoms with Crippen LogP contribution in [0.1, 0.15) is 0 Å². The van der Waals surface area contributed by atoms with Gasteiger partial charge in [-0.3, -0.25) is 4.98 Å². The maximum atomic E-state index is 6.15. The predicted molar refractivity (Wildman–Crippen MR) is 192 cm³/mol. The van der Waals surface area contributed by atoms with E-state index in [1.165, 1.54) is 5.39 Å². The molecule has 9 aromatic rings. The highest BCUT2D eigenvalue weighted by Crippen LogP contribution is 2.39. The zero-order valence-electron chi connectivity index (χ0n) is 25.4. The SMILES string of the molecule is c1ccc2cc(-c3ccc(N(c4ccc(-c5cc6ccccc6o5)cc4)c4ccc(-c5cc6ccccc6o5)cc4)cc3)ncc2c1. The van der Waals surface area contributed by atoms with Crippen molar-refractivity contribution in [2.24, 2.45) is 0 Å². The summed E-state index contributed by atoms with van der Waals surface area (Å²) in [5.41, 5.74) is 8.98. The number of furan rings is 2. The number of benzene rings is 6. The summed E-state index contributed by atoms with van der Waals surface area (Å²) in [6.45, 7) is 0. The Hall–Kier alpha value is -6.39. The van der Waals surface area contributed by atoms with E-state index in [2.05, 4.69) is 126 Å². The highest BCUT2D eigenvalue weighted by atomic mass is 16.3. The van der Waals surface area contributed by atoms with Crippen molar-refractivity contribution in [3.8, 4) is 33.9 Å². The molecule has 0 saturated heterocycles. The van der Waals surface area contributed by atoms with Gasteiger partial charge < -0.3 is 13.7 Å². The van der Waals surface area contributed by atoms with Gasteiger partial charge in [-0.05, 0) is 96.4 Å². The molecule has 0 atom stereocenters. The van der Waals surface area contributed by atoms with Gasteiger partial charge in [-0.2, -0.15) is 0 Å². The Morgan fingerprint density at radius 3 is 1.30 bits per heavy atom. The molecule has 0 N–H and O–H groups in total. The van der Waals surface area contributed by atoms with Gasteiger partial charge in [0, 0.05) is 56.1 Å². The second-order valence-corrected chi connectivity index (χ2v) is 11.7. The van der Waals surface area contributed by atoms with Crippen molar-refractivity contribution in [1.82, 2.24) is 4.98 Å². The van der Waals surface area contributed by atoms with Crippen LogP contribution in [-0.4, -0.2) is 4.98 Å². The van der Waals surface area contributed by atoms with Gasteiger partial charge in [-0.15, -0.1) is 0 Å². The summed E-state index contributed by atoms with van der Waals surface area (Å²) in [5, 5.41) is 4.51. The molecule has 4 heteroatoms. The standard InChI is InChI=1S/C43H28N2O2/c1-2-10-35-28-44-39(25-32(35)7-1)29-13-19-36(20-14-29)45(37-21-15-30(16-22-37)42-26-33-8-3-5-11-40(33)46-42)38-23-17-31(18-24-38)43-27-34-9-4-6-12-41(34)47-43/h1-28H. The minimum absolute atomic E-state index is 0.853. The number of nitrogens with zero attached hydrogens (tertiary/aromatic N) is 2. The lowest BCUT2D eigenvalue weighted by atomic mass is 10.1. The molecule has 0 spiro atoms. The van der Waals surface area contributed by atoms with E-state index in [1.54, 1.807) is 0 Å². The molecule has 4 nitrogen and oxygen atoms in total. The van der Waals surface area contributed by atoms with Crippen LogP contribution in [0.2, 0.25) is 0 Å². The van der Waals surface area contributed by atoms with E-state index in [0.717, 1.165) is 78.3 Å². The smallest absolute Gasteiger partial charge is 0.135 e. The summed E-state index contributed by atoms with van der Waals surface area (Å²) in [4.78, 5) is 7.01. The first-order valence-electron chi connectivity index (χ1n) is 15.7. The van der Waals surface area contributed by atoms with Gasteiger partial charge in [-0.25, -0.2) is 0 Å². The Bertz CT molecular complexity index is 2320. The molecule has 3 aromatic heterocycles. The van der Waals surface area contributed by atoms with E-state index in [1.807, 2.05) is 48.7 Å². The Balaban J connectivity index is 1.09. The van der Waals surface area contributed by atoms with Crippen LogP contribution >= 0.6 is 0 Å². The summed E-state index contributed by atoms with van der Waals surface area (Å²) in [6.07, 6.45) is 1.94. The maximum absolute atomic E-state index is 6.15. The molecule has 0 unspecified atom stereocenters. The molecular formula is C43H28N2O2. The quantitative estimate of drug-likeness (QED) is 0.189. The molecule has 0 saturated carbocycles. The van der Waals surface area contributed by atoms with Crippen LogP contribution in [0.5, 0.6) is 0 Å². The molecule has 3 heterocycles. The molecule has 222 valence electrons. The minimum atomic E-state index is 0.853. The first kappa shape index (κ1) is 27.0. The lowest BCUT2D eigenvalue weighted by molar-refractivity contribution is 0.631. The van der Waals surface area contributed by atoms with Gasteiger partial charge in [0.1, 0.15) is 22.7 Å². The summed E-state index contributed by atoms with van der Waals surface area (Å²) in [5.74, 6) is 1.71. The van der Waals surface area contributed by atoms with Crippen molar-refractivity contribution in [2.75, 3.05) is 4.90 Å². The van der Waals surface area contributed by atoms with E-state index in [9.17, 15) is 0 Å². The lowest BCUT2D eigenvalue weighted by Crippen LogP contribution is -2.09. The largest absolute Gasteiger partial charge is 0.456 e. The monoisotopic (exact) mass is 604 g/mol. The number of pyridine rings is 1. The van der Waals surface area contributed by atoms with Crippen LogP contribution in [0.3, 0.4) is 0 Å². The number of fused-ring (bicyclic) bond motifs is 3. The van der Waals surface area contributed by atoms with Crippen LogP contribution in [0, 0.1) is 0 Å². The first-order chi connectivity index (χ1) is 23.2. The molecule has 0 bridgehead atoms. The van der Waals surface area contributed by atoms with E-state index < -0.39 is 0 Å². The fourth-order valence-corrected chi connectivity index (χ4v) is 6.27. The molecule has 0 aliphatic heterocycles. The normalized spacial score (nSPS) is 11.4. The Labute approximate surface area is 271 Å². The topological polar surface area (TPSA) is 42.4 Å². The zero-order chi connectivity index (χ0) is 31.2. The molecule has 0 amide bonds. The third-order valence-corrected chi connectivity index (χ3v) is 8.72. The van der Waals surface area contributed by atoms with Gasteiger partial charge in [0.2, 0.25) is 0 Å². The Morgan fingerprint density at radius 1 is 0.383 bits per heavy atom. The van der Waals surface area contributed by atoms with Gasteiger partial charge in [0.25, 0.3) is 0 Å². The van der Waals surface area contributed by atoms with Crippen LogP contribution in [0.4, 0.5) is 17.1 Å². The van der Waals surface area contributed by atoms with E-state index in [4.69, 9.17) is 13.8 Å². The van der Waals surface area contributed by atoms with Crippen molar-refractivity contribution in [2.45, 2.75) is 0 Å². The summed E-state index contributed by atoms with van der Waals surface area (Å²) >= 11 is 0. The van der Waals surface area contributed by atoms with Gasteiger partial charge in [0.05, 0.1) is 5.69 Å². The second-order valence-electron chi connectivity index (χ2n) is 11.7. The van der Waals surface area contributed by atoms with Crippen molar-refractivity contribution in [3.63, 3.8) is 0 Å². The lowest BCUT2D eigenvalue weighted by Gasteiger charge is -2.26. The Morgan fingerprint density at radius 2 is 0.809 bits per heavy atom. The number of aromatic nitrogens is 1. The van der Waals surface area contributed by atoms with E-state index in [-0.39, 0.29) is 0 Å². The summed E-state index contributed by atoms with van der Waals surface area (Å²) < 4.78 is 12.3. The number of para-hydroxylation sites is 2. The highest BCUT2D eigenvalue weighted by Gasteiger charge is 2.15. The molecule has 0 radical (unpaired) electrons. The number of anilines is 3. The van der Waals surface area contributed by atoms with E-state index in [0.29, 0.717) is 0 Å². The molecule has 6 aromatic carbocycles. The van der Waals surface area contributed by atoms with Crippen molar-refractivity contribution in [1.29, 1.82) is 0 Å². The van der Waals surface area contributed by atoms with Gasteiger partial charge in [0.15, 0.2) is 0 Å². The molecule has 9 rings (SSSR count). The fourth-order valence-electron chi connectivity index (χ4n) is 6.27. The third-order valence-electron chi connectivity index (χ3n) is 8.72. The van der Waals surface area contributed by atoms with Gasteiger partial charge in [-0.1, -0.05) is 72.8 Å². The first-order valence-corrected chi connectivity index (χ1v) is 15.7. The Kier molecular flexibility index (Phi) is 6.43. The van der Waals surface area contributed by atoms with Gasteiger partial charge >= 0.3 is 0 Å². The molecular weight excluding hydrogens is 576 g/mol.